The number of para-hydroxylation sites is 3. The molecule has 0 fully saturated rings. The Balaban J connectivity index is 1.77. The van der Waals surface area contributed by atoms with Gasteiger partial charge < -0.3 is 0 Å². The van der Waals surface area contributed by atoms with Gasteiger partial charge in [0.15, 0.2) is 0 Å². The summed E-state index contributed by atoms with van der Waals surface area (Å²) in [7, 11) is 0. The highest BCUT2D eigenvalue weighted by atomic mass is 16.2. The van der Waals surface area contributed by atoms with Gasteiger partial charge in [-0.2, -0.15) is 0 Å². The molecule has 124 valence electrons. The van der Waals surface area contributed by atoms with Crippen molar-refractivity contribution >= 4 is 28.8 Å². The summed E-state index contributed by atoms with van der Waals surface area (Å²) in [5.74, 6) is -1.08. The average molecular weight is 338 g/mol. The van der Waals surface area contributed by atoms with Crippen molar-refractivity contribution < 1.29 is 9.59 Å². The molecular formula is C22H14N2O2. The Bertz CT molecular complexity index is 1180. The predicted octanol–water partition coefficient (Wildman–Crippen LogP) is 2.46. The number of anilines is 2. The molecule has 3 aromatic rings. The van der Waals surface area contributed by atoms with E-state index in [2.05, 4.69) is 4.99 Å². The Morgan fingerprint density at radius 2 is 1.46 bits per heavy atom. The lowest BCUT2D eigenvalue weighted by molar-refractivity contribution is -0.119. The molecule has 26 heavy (non-hydrogen) atoms. The fourth-order valence-electron chi connectivity index (χ4n) is 3.80. The largest absolute Gasteiger partial charge is 0.280 e. The molecule has 4 heteroatoms. The van der Waals surface area contributed by atoms with Crippen LogP contribution in [0.25, 0.3) is 5.57 Å². The zero-order chi connectivity index (χ0) is 17.7. The van der Waals surface area contributed by atoms with Gasteiger partial charge in [-0.25, -0.2) is 4.99 Å². The molecule has 0 aromatic heterocycles. The smallest absolute Gasteiger partial charge is 0.275 e. The maximum atomic E-state index is 13.4. The number of hydrogen-bond donors (Lipinski definition) is 0. The molecule has 3 aromatic carbocycles. The van der Waals surface area contributed by atoms with E-state index >= 15 is 0 Å². The number of benzene rings is 3. The van der Waals surface area contributed by atoms with Crippen molar-refractivity contribution in [1.82, 2.24) is 0 Å². The highest BCUT2D eigenvalue weighted by Crippen LogP contribution is 2.45. The van der Waals surface area contributed by atoms with Gasteiger partial charge in [-0.1, -0.05) is 54.6 Å². The molecule has 0 radical (unpaired) electrons. The molecular weight excluding hydrogens is 324 g/mol. The molecule has 5 rings (SSSR count). The molecule has 1 unspecified atom stereocenters. The van der Waals surface area contributed by atoms with E-state index < -0.39 is 5.92 Å². The minimum Gasteiger partial charge on any atom is -0.280 e. The molecule has 2 amide bonds. The number of carbonyl (C=O) groups is 2. The topological polar surface area (TPSA) is 49.7 Å². The first kappa shape index (κ1) is 14.8. The molecule has 0 aliphatic carbocycles. The van der Waals surface area contributed by atoms with E-state index in [9.17, 15) is 9.59 Å². The lowest BCUT2D eigenvalue weighted by Gasteiger charge is -2.18. The van der Waals surface area contributed by atoms with Crippen LogP contribution in [0, 0.1) is 0 Å². The maximum Gasteiger partial charge on any atom is 0.275 e. The van der Waals surface area contributed by atoms with E-state index in [4.69, 9.17) is 0 Å². The second-order valence-corrected chi connectivity index (χ2v) is 6.35. The summed E-state index contributed by atoms with van der Waals surface area (Å²) in [6.45, 7) is 0. The number of fused-ring (bicyclic) bond motifs is 2. The Morgan fingerprint density at radius 3 is 2.31 bits per heavy atom. The van der Waals surface area contributed by atoms with Gasteiger partial charge in [0.05, 0.1) is 17.0 Å². The second-order valence-electron chi connectivity index (χ2n) is 6.35. The quantitative estimate of drug-likeness (QED) is 0.721. The van der Waals surface area contributed by atoms with Crippen LogP contribution in [0.5, 0.6) is 0 Å². The van der Waals surface area contributed by atoms with Crippen LogP contribution in [0.3, 0.4) is 0 Å². The van der Waals surface area contributed by atoms with Gasteiger partial charge in [-0.05, 0) is 29.8 Å². The first-order chi connectivity index (χ1) is 12.8. The first-order valence-electron chi connectivity index (χ1n) is 8.46. The molecule has 0 saturated heterocycles. The van der Waals surface area contributed by atoms with Crippen LogP contribution in [-0.2, 0) is 9.59 Å². The summed E-state index contributed by atoms with van der Waals surface area (Å²) in [6.07, 6.45) is 0. The summed E-state index contributed by atoms with van der Waals surface area (Å²) < 4.78 is 0. The molecule has 2 aliphatic rings. The SMILES string of the molecule is O=C1N=c2ccccc2=C1C1C(=O)N(c2ccccc2)c2ccccc21. The van der Waals surface area contributed by atoms with Crippen molar-refractivity contribution in [3.63, 3.8) is 0 Å². The van der Waals surface area contributed by atoms with E-state index in [1.807, 2.05) is 72.8 Å². The van der Waals surface area contributed by atoms with Gasteiger partial charge in [0, 0.05) is 16.5 Å². The van der Waals surface area contributed by atoms with Crippen LogP contribution in [0.2, 0.25) is 0 Å². The van der Waals surface area contributed by atoms with Crippen LogP contribution < -0.4 is 15.5 Å². The summed E-state index contributed by atoms with van der Waals surface area (Å²) >= 11 is 0. The van der Waals surface area contributed by atoms with Gasteiger partial charge >= 0.3 is 0 Å². The molecule has 2 aliphatic heterocycles. The Kier molecular flexibility index (Phi) is 3.12. The summed E-state index contributed by atoms with van der Waals surface area (Å²) in [6, 6.07) is 24.5. The van der Waals surface area contributed by atoms with Gasteiger partial charge in [0.1, 0.15) is 0 Å². The van der Waals surface area contributed by atoms with Crippen molar-refractivity contribution in [1.29, 1.82) is 0 Å². The minimum absolute atomic E-state index is 0.118. The second kappa shape index (κ2) is 5.49. The average Bonchev–Trinajstić information content (AvgIpc) is 3.15. The third-order valence-corrected chi connectivity index (χ3v) is 4.91. The zero-order valence-corrected chi connectivity index (χ0v) is 13.8. The fourth-order valence-corrected chi connectivity index (χ4v) is 3.80. The van der Waals surface area contributed by atoms with Crippen molar-refractivity contribution in [2.24, 2.45) is 4.99 Å². The van der Waals surface area contributed by atoms with Crippen molar-refractivity contribution in [3.8, 4) is 0 Å². The van der Waals surface area contributed by atoms with Crippen LogP contribution >= 0.6 is 0 Å². The Hall–Kier alpha value is -3.53. The highest BCUT2D eigenvalue weighted by Gasteiger charge is 2.43. The van der Waals surface area contributed by atoms with Crippen molar-refractivity contribution in [2.45, 2.75) is 5.92 Å². The van der Waals surface area contributed by atoms with E-state index in [0.717, 1.165) is 22.2 Å². The minimum atomic E-state index is -0.633. The predicted molar refractivity (Wildman–Crippen MR) is 98.4 cm³/mol. The van der Waals surface area contributed by atoms with Gasteiger partial charge in [-0.3, -0.25) is 14.5 Å². The first-order valence-corrected chi connectivity index (χ1v) is 8.46. The molecule has 1 atom stereocenters. The third-order valence-electron chi connectivity index (χ3n) is 4.91. The number of nitrogens with zero attached hydrogens (tertiary/aromatic N) is 2. The summed E-state index contributed by atoms with van der Waals surface area (Å²) in [5.41, 5.74) is 2.93. The standard InChI is InChI=1S/C22H14N2O2/c25-21-19(15-10-4-6-12-17(15)23-21)20-16-11-5-7-13-18(16)24(22(20)26)14-8-2-1-3-9-14/h1-13,20H. The van der Waals surface area contributed by atoms with Crippen LogP contribution in [0.15, 0.2) is 83.9 Å². The molecule has 0 N–H and O–H groups in total. The number of amides is 2. The molecule has 0 saturated carbocycles. The molecule has 0 spiro atoms. The summed E-state index contributed by atoms with van der Waals surface area (Å²) in [5, 5.41) is 1.39. The Labute approximate surface area is 149 Å². The zero-order valence-electron chi connectivity index (χ0n) is 13.8. The van der Waals surface area contributed by atoms with Crippen LogP contribution in [-0.4, -0.2) is 11.8 Å². The van der Waals surface area contributed by atoms with Gasteiger partial charge in [-0.15, -0.1) is 0 Å². The van der Waals surface area contributed by atoms with Crippen molar-refractivity contribution in [2.75, 3.05) is 4.90 Å². The van der Waals surface area contributed by atoms with E-state index in [-0.39, 0.29) is 11.8 Å². The lowest BCUT2D eigenvalue weighted by atomic mass is 9.91. The lowest BCUT2D eigenvalue weighted by Crippen LogP contribution is -2.29. The fraction of sp³-hybridized carbons (Fsp3) is 0.0455. The monoisotopic (exact) mass is 338 g/mol. The van der Waals surface area contributed by atoms with Gasteiger partial charge in [0.25, 0.3) is 5.91 Å². The van der Waals surface area contributed by atoms with Crippen LogP contribution in [0.1, 0.15) is 11.5 Å². The normalized spacial score (nSPS) is 17.9. The van der Waals surface area contributed by atoms with Crippen LogP contribution in [0.4, 0.5) is 11.4 Å². The summed E-state index contributed by atoms with van der Waals surface area (Å²) in [4.78, 5) is 31.9. The highest BCUT2D eigenvalue weighted by molar-refractivity contribution is 6.27. The molecule has 4 nitrogen and oxygen atoms in total. The molecule has 0 bridgehead atoms. The van der Waals surface area contributed by atoms with Gasteiger partial charge in [0.2, 0.25) is 5.91 Å². The van der Waals surface area contributed by atoms with E-state index in [1.54, 1.807) is 11.0 Å². The molecule has 2 heterocycles. The van der Waals surface area contributed by atoms with Crippen molar-refractivity contribution in [3.05, 3.63) is 95.0 Å². The number of rotatable bonds is 2. The number of carbonyl (C=O) groups excluding carboxylic acids is 2. The Morgan fingerprint density at radius 1 is 0.769 bits per heavy atom. The van der Waals surface area contributed by atoms with E-state index in [1.165, 1.54) is 0 Å². The third kappa shape index (κ3) is 1.99. The number of hydrogen-bond acceptors (Lipinski definition) is 2. The maximum absolute atomic E-state index is 13.4. The van der Waals surface area contributed by atoms with E-state index in [0.29, 0.717) is 10.9 Å².